The highest BCUT2D eigenvalue weighted by Gasteiger charge is 2.13. The van der Waals surface area contributed by atoms with Crippen molar-refractivity contribution in [2.75, 3.05) is 0 Å². The van der Waals surface area contributed by atoms with Crippen molar-refractivity contribution in [1.82, 2.24) is 24.3 Å². The fourth-order valence-electron chi connectivity index (χ4n) is 2.89. The van der Waals surface area contributed by atoms with Crippen molar-refractivity contribution in [3.05, 3.63) is 70.1 Å². The van der Waals surface area contributed by atoms with Crippen LogP contribution in [0.1, 0.15) is 5.56 Å². The molecule has 4 aromatic rings. The molecule has 0 unspecified atom stereocenters. The number of halogens is 1. The summed E-state index contributed by atoms with van der Waals surface area (Å²) in [5.41, 5.74) is 2.95. The molecule has 0 spiro atoms. The SMILES string of the molecule is Cc1cc(-n2cccn2)ncc1-c1cc2cnc(Cl)cc2n(C)c1=O. The van der Waals surface area contributed by atoms with Crippen LogP contribution in [0.5, 0.6) is 0 Å². The van der Waals surface area contributed by atoms with Crippen LogP contribution in [0.3, 0.4) is 0 Å². The van der Waals surface area contributed by atoms with Crippen molar-refractivity contribution >= 4 is 22.5 Å². The lowest BCUT2D eigenvalue weighted by atomic mass is 10.0. The Morgan fingerprint density at radius 1 is 1.08 bits per heavy atom. The van der Waals surface area contributed by atoms with Crippen LogP contribution in [0.25, 0.3) is 27.8 Å². The van der Waals surface area contributed by atoms with Crippen LogP contribution in [0.15, 0.2) is 53.8 Å². The molecule has 7 heteroatoms. The Morgan fingerprint density at radius 3 is 2.64 bits per heavy atom. The van der Waals surface area contributed by atoms with E-state index in [4.69, 9.17) is 11.6 Å². The first-order chi connectivity index (χ1) is 12.0. The predicted molar refractivity (Wildman–Crippen MR) is 97.1 cm³/mol. The molecule has 0 N–H and O–H groups in total. The average Bonchev–Trinajstić information content (AvgIpc) is 3.13. The molecule has 6 nitrogen and oxygen atoms in total. The molecule has 0 aliphatic carbocycles. The smallest absolute Gasteiger partial charge is 0.258 e. The Morgan fingerprint density at radius 2 is 1.92 bits per heavy atom. The predicted octanol–water partition coefficient (Wildman–Crippen LogP) is 3.14. The summed E-state index contributed by atoms with van der Waals surface area (Å²) in [6, 6.07) is 7.26. The zero-order valence-corrected chi connectivity index (χ0v) is 14.4. The van der Waals surface area contributed by atoms with Gasteiger partial charge in [0, 0.05) is 48.3 Å². The highest BCUT2D eigenvalue weighted by atomic mass is 35.5. The molecule has 4 rings (SSSR count). The van der Waals surface area contributed by atoms with Gasteiger partial charge in [-0.05, 0) is 36.8 Å². The number of nitrogens with zero attached hydrogens (tertiary/aromatic N) is 5. The van der Waals surface area contributed by atoms with Gasteiger partial charge in [0.2, 0.25) is 0 Å². The van der Waals surface area contributed by atoms with Crippen molar-refractivity contribution in [2.45, 2.75) is 6.92 Å². The van der Waals surface area contributed by atoms with Crippen LogP contribution < -0.4 is 5.56 Å². The first kappa shape index (κ1) is 15.5. The van der Waals surface area contributed by atoms with E-state index in [1.165, 1.54) is 0 Å². The van der Waals surface area contributed by atoms with Gasteiger partial charge in [-0.1, -0.05) is 11.6 Å². The van der Waals surface area contributed by atoms with E-state index in [1.807, 2.05) is 31.3 Å². The van der Waals surface area contributed by atoms with E-state index in [1.54, 1.807) is 41.0 Å². The summed E-state index contributed by atoms with van der Waals surface area (Å²) in [5.74, 6) is 0.706. The first-order valence-electron chi connectivity index (χ1n) is 7.67. The summed E-state index contributed by atoms with van der Waals surface area (Å²) in [4.78, 5) is 21.4. The minimum Gasteiger partial charge on any atom is -0.311 e. The fraction of sp³-hybridized carbons (Fsp3) is 0.111. The normalized spacial score (nSPS) is 11.2. The minimum absolute atomic E-state index is 0.105. The van der Waals surface area contributed by atoms with Gasteiger partial charge in [-0.2, -0.15) is 5.10 Å². The molecule has 4 aromatic heterocycles. The van der Waals surface area contributed by atoms with E-state index in [2.05, 4.69) is 15.1 Å². The fourth-order valence-corrected chi connectivity index (χ4v) is 3.04. The van der Waals surface area contributed by atoms with Crippen molar-refractivity contribution in [3.8, 4) is 16.9 Å². The molecule has 0 saturated carbocycles. The van der Waals surface area contributed by atoms with E-state index in [9.17, 15) is 4.79 Å². The Hall–Kier alpha value is -2.99. The topological polar surface area (TPSA) is 65.6 Å². The minimum atomic E-state index is -0.105. The van der Waals surface area contributed by atoms with Crippen LogP contribution in [0.2, 0.25) is 5.15 Å². The second-order valence-corrected chi connectivity index (χ2v) is 6.18. The van der Waals surface area contributed by atoms with Gasteiger partial charge in [0.05, 0.1) is 5.52 Å². The summed E-state index contributed by atoms with van der Waals surface area (Å²) < 4.78 is 3.26. The number of hydrogen-bond acceptors (Lipinski definition) is 4. The van der Waals surface area contributed by atoms with Gasteiger partial charge in [0.15, 0.2) is 5.82 Å². The summed E-state index contributed by atoms with van der Waals surface area (Å²) >= 11 is 5.95. The number of aromatic nitrogens is 5. The highest BCUT2D eigenvalue weighted by Crippen LogP contribution is 2.25. The van der Waals surface area contributed by atoms with Crippen LogP contribution in [-0.4, -0.2) is 24.3 Å². The molecule has 25 heavy (non-hydrogen) atoms. The highest BCUT2D eigenvalue weighted by molar-refractivity contribution is 6.30. The first-order valence-corrected chi connectivity index (χ1v) is 8.05. The second-order valence-electron chi connectivity index (χ2n) is 5.80. The van der Waals surface area contributed by atoms with E-state index >= 15 is 0 Å². The largest absolute Gasteiger partial charge is 0.311 e. The molecular weight excluding hydrogens is 338 g/mol. The van der Waals surface area contributed by atoms with Crippen LogP contribution in [-0.2, 0) is 7.05 Å². The number of aryl methyl sites for hydroxylation is 2. The van der Waals surface area contributed by atoms with Crippen LogP contribution >= 0.6 is 11.6 Å². The van der Waals surface area contributed by atoms with Gasteiger partial charge < -0.3 is 4.57 Å². The summed E-state index contributed by atoms with van der Waals surface area (Å²) in [6.45, 7) is 1.95. The molecule has 0 atom stereocenters. The van der Waals surface area contributed by atoms with Gasteiger partial charge in [0.25, 0.3) is 5.56 Å². The van der Waals surface area contributed by atoms with Crippen LogP contribution in [0, 0.1) is 6.92 Å². The Kier molecular flexibility index (Phi) is 3.62. The maximum Gasteiger partial charge on any atom is 0.258 e. The van der Waals surface area contributed by atoms with Crippen molar-refractivity contribution in [3.63, 3.8) is 0 Å². The van der Waals surface area contributed by atoms with Gasteiger partial charge in [0.1, 0.15) is 5.15 Å². The van der Waals surface area contributed by atoms with Crippen LogP contribution in [0.4, 0.5) is 0 Å². The molecule has 0 bridgehead atoms. The second kappa shape index (κ2) is 5.82. The Balaban J connectivity index is 1.91. The quantitative estimate of drug-likeness (QED) is 0.520. The summed E-state index contributed by atoms with van der Waals surface area (Å²) in [5, 5.41) is 5.38. The van der Waals surface area contributed by atoms with E-state index < -0.39 is 0 Å². The zero-order chi connectivity index (χ0) is 17.6. The monoisotopic (exact) mass is 351 g/mol. The lowest BCUT2D eigenvalue weighted by Crippen LogP contribution is -2.19. The molecule has 0 radical (unpaired) electrons. The number of rotatable bonds is 2. The molecule has 0 aliphatic rings. The van der Waals surface area contributed by atoms with Crippen molar-refractivity contribution in [1.29, 1.82) is 0 Å². The van der Waals surface area contributed by atoms with E-state index in [-0.39, 0.29) is 5.56 Å². The number of fused-ring (bicyclic) bond motifs is 1. The summed E-state index contributed by atoms with van der Waals surface area (Å²) in [7, 11) is 1.73. The van der Waals surface area contributed by atoms with Gasteiger partial charge >= 0.3 is 0 Å². The van der Waals surface area contributed by atoms with E-state index in [0.717, 1.165) is 22.0 Å². The Labute approximate surface area is 148 Å². The number of hydrogen-bond donors (Lipinski definition) is 0. The molecule has 0 amide bonds. The van der Waals surface area contributed by atoms with Gasteiger partial charge in [-0.25, -0.2) is 14.6 Å². The lowest BCUT2D eigenvalue weighted by Gasteiger charge is -2.11. The van der Waals surface area contributed by atoms with Gasteiger partial charge in [-0.3, -0.25) is 4.79 Å². The molecule has 0 fully saturated rings. The maximum atomic E-state index is 12.8. The van der Waals surface area contributed by atoms with Crippen molar-refractivity contribution < 1.29 is 0 Å². The van der Waals surface area contributed by atoms with Gasteiger partial charge in [-0.15, -0.1) is 0 Å². The molecule has 0 aliphatic heterocycles. The van der Waals surface area contributed by atoms with E-state index in [0.29, 0.717) is 16.5 Å². The molecular formula is C18H14ClN5O. The molecule has 0 saturated heterocycles. The third-order valence-corrected chi connectivity index (χ3v) is 4.41. The number of pyridine rings is 3. The summed E-state index contributed by atoms with van der Waals surface area (Å²) in [6.07, 6.45) is 6.90. The lowest BCUT2D eigenvalue weighted by molar-refractivity contribution is 0.845. The Bertz CT molecular complexity index is 1150. The standard InChI is InChI=1S/C18H14ClN5O/c1-11-6-17(24-5-3-4-22-24)21-10-14(11)13-7-12-9-20-16(19)8-15(12)23(2)18(13)25/h3-10H,1-2H3. The molecule has 0 aromatic carbocycles. The molecule has 124 valence electrons. The van der Waals surface area contributed by atoms with Crippen molar-refractivity contribution in [2.24, 2.45) is 7.05 Å². The third-order valence-electron chi connectivity index (χ3n) is 4.20. The third kappa shape index (κ3) is 2.60. The maximum absolute atomic E-state index is 12.8. The zero-order valence-electron chi connectivity index (χ0n) is 13.6. The average molecular weight is 352 g/mol. The molecule has 4 heterocycles.